The minimum Gasteiger partial charge on any atom is -0.497 e. The number of hydrogen-bond donors (Lipinski definition) is 0. The maximum Gasteiger partial charge on any atom is 0.364 e. The van der Waals surface area contributed by atoms with Crippen molar-refractivity contribution in [2.24, 2.45) is 0 Å². The summed E-state index contributed by atoms with van der Waals surface area (Å²) >= 11 is 0. The standard InChI is InChI=1S/C30H39O2.ClHO4/c1-3-4-5-6-7-8-9-10-11-12-15-26-27-16-13-14-17-29(27)32-30-25-21-19-24(31-2)22-23(25)18-20-28(26)30;2-1(3,4)5/h13-14,16-17,19,21-22H,3-12,15,18,20H2,1-2H3;(H,2,3,4,5)/q+1;/p-1. The summed E-state index contributed by atoms with van der Waals surface area (Å²) in [5.74, 6) is 2.01. The lowest BCUT2D eigenvalue weighted by Gasteiger charge is -2.17. The first-order valence-corrected chi connectivity index (χ1v) is 14.7. The fourth-order valence-corrected chi connectivity index (χ4v) is 5.22. The average molecular weight is 531 g/mol. The number of benzene rings is 2. The van der Waals surface area contributed by atoms with Crippen LogP contribution in [-0.2, 0) is 19.3 Å². The molecule has 0 amide bonds. The van der Waals surface area contributed by atoms with Crippen LogP contribution in [0.4, 0.5) is 0 Å². The van der Waals surface area contributed by atoms with Crippen molar-refractivity contribution in [1.82, 2.24) is 0 Å². The Hall–Kier alpha value is -2.22. The van der Waals surface area contributed by atoms with Crippen molar-refractivity contribution in [1.29, 1.82) is 0 Å². The Balaban J connectivity index is 0.000000695. The second kappa shape index (κ2) is 14.6. The van der Waals surface area contributed by atoms with Crippen LogP contribution in [0.25, 0.3) is 22.3 Å². The van der Waals surface area contributed by atoms with Gasteiger partial charge in [0.15, 0.2) is 0 Å². The topological polar surface area (TPSA) is 113 Å². The van der Waals surface area contributed by atoms with Gasteiger partial charge in [-0.05, 0) is 61.1 Å². The molecule has 3 aromatic rings. The third kappa shape index (κ3) is 9.24. The van der Waals surface area contributed by atoms with Gasteiger partial charge in [0.2, 0.25) is 0 Å². The highest BCUT2D eigenvalue weighted by Crippen LogP contribution is 2.40. The third-order valence-corrected chi connectivity index (χ3v) is 7.04. The van der Waals surface area contributed by atoms with Gasteiger partial charge in [0, 0.05) is 6.07 Å². The zero-order chi connectivity index (χ0) is 26.7. The Bertz CT molecular complexity index is 1120. The SMILES string of the molecule is CCCCCCCCCCCCc1c2c([o+]c3ccccc13)-c1ccc(OC)cc1CC2.[O-][Cl+3]([O-])([O-])[O-]. The zero-order valence-corrected chi connectivity index (χ0v) is 22.8. The predicted octanol–water partition coefficient (Wildman–Crippen LogP) is 4.20. The molecule has 0 saturated carbocycles. The van der Waals surface area contributed by atoms with E-state index in [0.717, 1.165) is 36.4 Å². The van der Waals surface area contributed by atoms with E-state index in [4.69, 9.17) is 27.8 Å². The third-order valence-electron chi connectivity index (χ3n) is 7.04. The van der Waals surface area contributed by atoms with E-state index in [1.54, 1.807) is 7.11 Å². The summed E-state index contributed by atoms with van der Waals surface area (Å²) in [6, 6.07) is 15.0. The molecule has 1 heterocycles. The number of halogens is 1. The molecule has 0 bridgehead atoms. The Morgan fingerprint density at radius 3 is 2.08 bits per heavy atom. The summed E-state index contributed by atoms with van der Waals surface area (Å²) in [6.45, 7) is 2.29. The number of methoxy groups -OCH3 is 1. The van der Waals surface area contributed by atoms with Gasteiger partial charge in [0.25, 0.3) is 0 Å². The molecular formula is C30H39ClO6. The molecule has 0 fully saturated rings. The van der Waals surface area contributed by atoms with Crippen LogP contribution in [0.5, 0.6) is 5.75 Å². The Kier molecular flexibility index (Phi) is 11.6. The van der Waals surface area contributed by atoms with Crippen molar-refractivity contribution in [2.75, 3.05) is 7.11 Å². The normalized spacial score (nSPS) is 12.5. The molecule has 4 rings (SSSR count). The largest absolute Gasteiger partial charge is 0.497 e. The van der Waals surface area contributed by atoms with Gasteiger partial charge in [-0.15, -0.1) is 10.2 Å². The molecule has 1 aromatic heterocycles. The van der Waals surface area contributed by atoms with E-state index in [1.807, 2.05) is 0 Å². The van der Waals surface area contributed by atoms with Gasteiger partial charge in [0.05, 0.1) is 23.6 Å². The minimum absolute atomic E-state index is 0.929. The van der Waals surface area contributed by atoms with Crippen LogP contribution >= 0.6 is 0 Å². The van der Waals surface area contributed by atoms with Gasteiger partial charge in [-0.2, -0.15) is 0 Å². The molecule has 2 aromatic carbocycles. The zero-order valence-electron chi connectivity index (χ0n) is 22.1. The lowest BCUT2D eigenvalue weighted by Crippen LogP contribution is -2.68. The Labute approximate surface area is 222 Å². The van der Waals surface area contributed by atoms with E-state index in [1.165, 1.54) is 91.8 Å². The highest BCUT2D eigenvalue weighted by Gasteiger charge is 2.31. The van der Waals surface area contributed by atoms with Crippen LogP contribution in [0, 0.1) is 10.2 Å². The molecule has 202 valence electrons. The van der Waals surface area contributed by atoms with Crippen molar-refractivity contribution in [3.8, 4) is 17.1 Å². The number of unbranched alkanes of at least 4 members (excludes halogenated alkanes) is 9. The minimum atomic E-state index is -4.94. The summed E-state index contributed by atoms with van der Waals surface area (Å²) in [7, 11) is -3.21. The average Bonchev–Trinajstić information content (AvgIpc) is 2.87. The number of ether oxygens (including phenoxy) is 1. The predicted molar refractivity (Wildman–Crippen MR) is 136 cm³/mol. The summed E-state index contributed by atoms with van der Waals surface area (Å²) in [4.78, 5) is 0. The molecule has 6 nitrogen and oxygen atoms in total. The second-order valence-corrected chi connectivity index (χ2v) is 10.5. The van der Waals surface area contributed by atoms with Gasteiger partial charge >= 0.3 is 11.3 Å². The first kappa shape index (κ1) is 29.3. The van der Waals surface area contributed by atoms with Crippen LogP contribution in [0.2, 0.25) is 0 Å². The van der Waals surface area contributed by atoms with Crippen molar-refractivity contribution < 1.29 is 38.0 Å². The first-order chi connectivity index (χ1) is 17.8. The number of para-hydroxylation sites is 1. The van der Waals surface area contributed by atoms with Gasteiger partial charge in [0.1, 0.15) is 5.75 Å². The summed E-state index contributed by atoms with van der Waals surface area (Å²) < 4.78 is 45.9. The molecule has 0 unspecified atom stereocenters. The molecule has 0 N–H and O–H groups in total. The van der Waals surface area contributed by atoms with Crippen molar-refractivity contribution in [3.63, 3.8) is 0 Å². The second-order valence-electron chi connectivity index (χ2n) is 9.72. The highest BCUT2D eigenvalue weighted by molar-refractivity contribution is 5.86. The van der Waals surface area contributed by atoms with E-state index in [0.29, 0.717) is 0 Å². The fraction of sp³-hybridized carbons (Fsp3) is 0.500. The van der Waals surface area contributed by atoms with E-state index in [-0.39, 0.29) is 0 Å². The number of hydrogen-bond acceptors (Lipinski definition) is 5. The lowest BCUT2D eigenvalue weighted by atomic mass is 9.85. The smallest absolute Gasteiger partial charge is 0.364 e. The van der Waals surface area contributed by atoms with E-state index >= 15 is 0 Å². The van der Waals surface area contributed by atoms with E-state index in [2.05, 4.69) is 49.4 Å². The quantitative estimate of drug-likeness (QED) is 0.256. The Morgan fingerprint density at radius 1 is 0.811 bits per heavy atom. The molecule has 0 saturated heterocycles. The molecule has 0 atom stereocenters. The van der Waals surface area contributed by atoms with Crippen LogP contribution < -0.4 is 23.4 Å². The number of rotatable bonds is 12. The molecule has 1 aliphatic carbocycles. The Morgan fingerprint density at radius 2 is 1.43 bits per heavy atom. The molecular weight excluding hydrogens is 492 g/mol. The summed E-state index contributed by atoms with van der Waals surface area (Å²) in [5.41, 5.74) is 6.53. The van der Waals surface area contributed by atoms with Crippen molar-refractivity contribution in [2.45, 2.75) is 90.4 Å². The van der Waals surface area contributed by atoms with Gasteiger partial charge in [-0.3, -0.25) is 0 Å². The van der Waals surface area contributed by atoms with Crippen LogP contribution in [-0.4, -0.2) is 7.11 Å². The van der Waals surface area contributed by atoms with E-state index in [9.17, 15) is 0 Å². The monoisotopic (exact) mass is 530 g/mol. The summed E-state index contributed by atoms with van der Waals surface area (Å²) in [5, 5.41) is 1.30. The van der Waals surface area contributed by atoms with Crippen molar-refractivity contribution >= 4 is 11.0 Å². The van der Waals surface area contributed by atoms with Crippen LogP contribution in [0.3, 0.4) is 0 Å². The lowest BCUT2D eigenvalue weighted by molar-refractivity contribution is -2.00. The molecule has 7 heteroatoms. The van der Waals surface area contributed by atoms with Crippen molar-refractivity contribution in [3.05, 3.63) is 59.2 Å². The molecule has 0 aliphatic heterocycles. The number of fused-ring (bicyclic) bond motifs is 4. The molecule has 1 aliphatic rings. The maximum atomic E-state index is 8.49. The maximum absolute atomic E-state index is 8.49. The molecule has 37 heavy (non-hydrogen) atoms. The van der Waals surface area contributed by atoms with E-state index < -0.39 is 10.2 Å². The summed E-state index contributed by atoms with van der Waals surface area (Å²) in [6.07, 6.45) is 17.0. The fourth-order valence-electron chi connectivity index (χ4n) is 5.22. The van der Waals surface area contributed by atoms with Gasteiger partial charge in [-0.1, -0.05) is 76.8 Å². The number of aryl methyl sites for hydroxylation is 2. The van der Waals surface area contributed by atoms with Gasteiger partial charge < -0.3 is 4.74 Å². The molecule has 0 spiro atoms. The highest BCUT2D eigenvalue weighted by atomic mass is 35.7. The van der Waals surface area contributed by atoms with Crippen LogP contribution in [0.1, 0.15) is 87.8 Å². The molecule has 0 radical (unpaired) electrons. The van der Waals surface area contributed by atoms with Gasteiger partial charge in [-0.25, -0.2) is 23.1 Å². The van der Waals surface area contributed by atoms with Crippen LogP contribution in [0.15, 0.2) is 46.9 Å². The first-order valence-electron chi connectivity index (χ1n) is 13.5.